The van der Waals surface area contributed by atoms with E-state index in [1.165, 1.54) is 12.4 Å². The van der Waals surface area contributed by atoms with Crippen LogP contribution in [0.25, 0.3) is 0 Å². The van der Waals surface area contributed by atoms with Gasteiger partial charge in [-0.05, 0) is 36.6 Å². The zero-order chi connectivity index (χ0) is 20.3. The minimum atomic E-state index is -0.680. The third kappa shape index (κ3) is 4.49. The molecule has 0 saturated carbocycles. The van der Waals surface area contributed by atoms with Gasteiger partial charge in [-0.2, -0.15) is 0 Å². The summed E-state index contributed by atoms with van der Waals surface area (Å²) in [6, 6.07) is 8.63. The fourth-order valence-corrected chi connectivity index (χ4v) is 3.39. The molecule has 3 rings (SSSR count). The molecule has 0 aliphatic heterocycles. The topological polar surface area (TPSA) is 109 Å². The molecule has 0 aliphatic carbocycles. The molecule has 9 heteroatoms. The summed E-state index contributed by atoms with van der Waals surface area (Å²) in [6.07, 6.45) is 6.36. The van der Waals surface area contributed by atoms with Crippen LogP contribution in [0.5, 0.6) is 5.75 Å². The first-order valence-electron chi connectivity index (χ1n) is 8.09. The predicted octanol–water partition coefficient (Wildman–Crippen LogP) is 4.73. The Balaban J connectivity index is 1.83. The quantitative estimate of drug-likeness (QED) is 0.385. The Morgan fingerprint density at radius 2 is 1.86 bits per heavy atom. The lowest BCUT2D eigenvalue weighted by molar-refractivity contribution is 0.306. The SMILES string of the molecule is CS(=N)c1ccc(C(=N)c2cc(OCc3c(Cl)cncc3Cl)ccc2N)cn1. The van der Waals surface area contributed by atoms with Crippen molar-refractivity contribution in [2.45, 2.75) is 11.6 Å². The van der Waals surface area contributed by atoms with Gasteiger partial charge in [-0.1, -0.05) is 33.9 Å². The molecule has 1 atom stereocenters. The first-order valence-corrected chi connectivity index (χ1v) is 10.5. The lowest BCUT2D eigenvalue weighted by Crippen LogP contribution is -2.07. The number of hydrogen-bond donors (Lipinski definition) is 3. The summed E-state index contributed by atoms with van der Waals surface area (Å²) in [4.78, 5) is 8.17. The molecule has 1 aromatic carbocycles. The minimum absolute atomic E-state index is 0.162. The van der Waals surface area contributed by atoms with Crippen LogP contribution in [-0.2, 0) is 17.3 Å². The normalized spacial score (nSPS) is 11.8. The average molecular weight is 434 g/mol. The number of nitrogens with two attached hydrogens (primary N) is 1. The number of hydrogen-bond acceptors (Lipinski definition) is 6. The van der Waals surface area contributed by atoms with Gasteiger partial charge in [-0.3, -0.25) is 15.2 Å². The fourth-order valence-electron chi connectivity index (χ4n) is 2.44. The maximum atomic E-state index is 8.48. The van der Waals surface area contributed by atoms with Crippen molar-refractivity contribution in [2.24, 2.45) is 0 Å². The van der Waals surface area contributed by atoms with E-state index in [1.807, 2.05) is 0 Å². The first-order chi connectivity index (χ1) is 13.4. The number of pyridine rings is 2. The summed E-state index contributed by atoms with van der Waals surface area (Å²) in [5.41, 5.74) is 8.52. The van der Waals surface area contributed by atoms with Crippen LogP contribution in [0, 0.1) is 10.2 Å². The van der Waals surface area contributed by atoms with Crippen molar-refractivity contribution in [3.63, 3.8) is 0 Å². The lowest BCUT2D eigenvalue weighted by Gasteiger charge is -2.13. The smallest absolute Gasteiger partial charge is 0.120 e. The Morgan fingerprint density at radius 3 is 2.46 bits per heavy atom. The molecule has 0 radical (unpaired) electrons. The molecule has 28 heavy (non-hydrogen) atoms. The van der Waals surface area contributed by atoms with E-state index in [-0.39, 0.29) is 12.3 Å². The second-order valence-corrected chi connectivity index (χ2v) is 8.14. The van der Waals surface area contributed by atoms with Crippen LogP contribution in [0.2, 0.25) is 10.0 Å². The maximum absolute atomic E-state index is 8.48. The summed E-state index contributed by atoms with van der Waals surface area (Å²) in [7, 11) is -0.680. The molecule has 0 spiro atoms. The number of nitrogens with zero attached hydrogens (tertiary/aromatic N) is 2. The Morgan fingerprint density at radius 1 is 1.14 bits per heavy atom. The second kappa shape index (κ2) is 8.68. The van der Waals surface area contributed by atoms with E-state index in [1.54, 1.807) is 42.8 Å². The number of nitrogen functional groups attached to an aromatic ring is 1. The zero-order valence-electron chi connectivity index (χ0n) is 14.9. The van der Waals surface area contributed by atoms with Gasteiger partial charge in [0, 0.05) is 41.0 Å². The highest BCUT2D eigenvalue weighted by atomic mass is 35.5. The van der Waals surface area contributed by atoms with Gasteiger partial charge in [0.05, 0.1) is 15.8 Å². The summed E-state index contributed by atoms with van der Waals surface area (Å²) in [5.74, 6) is 0.531. The molecule has 4 N–H and O–H groups in total. The summed E-state index contributed by atoms with van der Waals surface area (Å²) < 4.78 is 13.5. The van der Waals surface area contributed by atoms with Crippen molar-refractivity contribution >= 4 is 45.3 Å². The van der Waals surface area contributed by atoms with Gasteiger partial charge < -0.3 is 10.5 Å². The third-order valence-corrected chi connectivity index (χ3v) is 5.49. The second-order valence-electron chi connectivity index (χ2n) is 5.89. The van der Waals surface area contributed by atoms with Gasteiger partial charge in [0.15, 0.2) is 0 Å². The van der Waals surface area contributed by atoms with Gasteiger partial charge in [0.25, 0.3) is 0 Å². The van der Waals surface area contributed by atoms with Crippen LogP contribution >= 0.6 is 23.2 Å². The largest absolute Gasteiger partial charge is 0.489 e. The van der Waals surface area contributed by atoms with Crippen molar-refractivity contribution in [2.75, 3.05) is 12.0 Å². The van der Waals surface area contributed by atoms with Crippen molar-refractivity contribution in [3.8, 4) is 5.75 Å². The molecule has 0 fully saturated rings. The van der Waals surface area contributed by atoms with Crippen LogP contribution in [0.1, 0.15) is 16.7 Å². The van der Waals surface area contributed by atoms with Gasteiger partial charge in [-0.15, -0.1) is 0 Å². The van der Waals surface area contributed by atoms with E-state index in [4.69, 9.17) is 43.9 Å². The Labute approximate surface area is 175 Å². The molecule has 0 saturated heterocycles. The van der Waals surface area contributed by atoms with Gasteiger partial charge in [0.1, 0.15) is 17.4 Å². The number of halogens is 2. The van der Waals surface area contributed by atoms with E-state index >= 15 is 0 Å². The van der Waals surface area contributed by atoms with Crippen LogP contribution in [0.3, 0.4) is 0 Å². The maximum Gasteiger partial charge on any atom is 0.120 e. The molecular formula is C19H17Cl2N5OS. The average Bonchev–Trinajstić information content (AvgIpc) is 2.68. The number of ether oxygens (including phenoxy) is 1. The van der Waals surface area contributed by atoms with Crippen molar-refractivity contribution < 1.29 is 4.74 Å². The van der Waals surface area contributed by atoms with Crippen molar-refractivity contribution in [3.05, 3.63) is 75.7 Å². The Hall–Kier alpha value is -2.48. The standard InChI is InChI=1S/C19H17Cl2N5OS/c1-28(24)18-5-2-11(7-26-18)19(23)13-6-12(3-4-17(13)22)27-10-14-15(20)8-25-9-16(14)21/h2-9,23-24H,10,22H2,1H3. The lowest BCUT2D eigenvalue weighted by atomic mass is 10.0. The fraction of sp³-hybridized carbons (Fsp3) is 0.105. The Bertz CT molecular complexity index is 1040. The molecule has 0 amide bonds. The predicted molar refractivity (Wildman–Crippen MR) is 114 cm³/mol. The van der Waals surface area contributed by atoms with Crippen LogP contribution in [0.15, 0.2) is 53.9 Å². The van der Waals surface area contributed by atoms with E-state index in [0.717, 1.165) is 0 Å². The van der Waals surface area contributed by atoms with Crippen molar-refractivity contribution in [1.29, 1.82) is 10.2 Å². The molecule has 0 bridgehead atoms. The Kier molecular flexibility index (Phi) is 6.28. The van der Waals surface area contributed by atoms with Crippen LogP contribution in [0.4, 0.5) is 5.69 Å². The van der Waals surface area contributed by atoms with Crippen molar-refractivity contribution in [1.82, 2.24) is 9.97 Å². The van der Waals surface area contributed by atoms with Gasteiger partial charge in [0.2, 0.25) is 0 Å². The van der Waals surface area contributed by atoms with E-state index in [9.17, 15) is 0 Å². The molecule has 0 aliphatic rings. The number of benzene rings is 1. The number of aromatic nitrogens is 2. The zero-order valence-corrected chi connectivity index (χ0v) is 17.2. The molecule has 1 unspecified atom stereocenters. The highest BCUT2D eigenvalue weighted by Gasteiger charge is 2.12. The highest BCUT2D eigenvalue weighted by molar-refractivity contribution is 7.85. The van der Waals surface area contributed by atoms with Gasteiger partial charge in [-0.25, -0.2) is 4.98 Å². The molecule has 2 aromatic heterocycles. The van der Waals surface area contributed by atoms with E-state index < -0.39 is 10.7 Å². The summed E-state index contributed by atoms with van der Waals surface area (Å²) in [6.45, 7) is 0.162. The highest BCUT2D eigenvalue weighted by Crippen LogP contribution is 2.27. The summed E-state index contributed by atoms with van der Waals surface area (Å²) in [5, 5.41) is 10.00. The number of nitrogens with one attached hydrogen (secondary N) is 2. The molecule has 6 nitrogen and oxygen atoms in total. The monoisotopic (exact) mass is 433 g/mol. The molecule has 144 valence electrons. The number of anilines is 1. The van der Waals surface area contributed by atoms with Crippen LogP contribution < -0.4 is 10.5 Å². The summed E-state index contributed by atoms with van der Waals surface area (Å²) >= 11 is 12.2. The number of rotatable bonds is 6. The first kappa shape index (κ1) is 20.3. The molecular weight excluding hydrogens is 417 g/mol. The van der Waals surface area contributed by atoms with E-state index in [0.29, 0.717) is 43.2 Å². The van der Waals surface area contributed by atoms with Crippen LogP contribution in [-0.4, -0.2) is 21.9 Å². The molecule has 2 heterocycles. The van der Waals surface area contributed by atoms with E-state index in [2.05, 4.69) is 9.97 Å². The third-order valence-electron chi connectivity index (χ3n) is 3.97. The molecule has 3 aromatic rings. The van der Waals surface area contributed by atoms with Gasteiger partial charge >= 0.3 is 0 Å². The minimum Gasteiger partial charge on any atom is -0.489 e.